The van der Waals surface area contributed by atoms with Crippen LogP contribution in [0.4, 0.5) is 10.5 Å². The third-order valence-corrected chi connectivity index (χ3v) is 10.0. The molecule has 2 atom stereocenters. The van der Waals surface area contributed by atoms with Crippen molar-refractivity contribution in [3.8, 4) is 5.75 Å². The molecule has 0 aromatic heterocycles. The zero-order valence-electron chi connectivity index (χ0n) is 33.8. The number of carbonyl (C=O) groups excluding carboxylic acids is 8. The van der Waals surface area contributed by atoms with Gasteiger partial charge in [-0.25, -0.2) is 4.79 Å². The fraction of sp³-hybridized carbons (Fsp3) is 0.436. The summed E-state index contributed by atoms with van der Waals surface area (Å²) in [6, 6.07) is 7.35. The highest BCUT2D eigenvalue weighted by atomic mass is 32.2. The summed E-state index contributed by atoms with van der Waals surface area (Å²) in [5, 5.41) is 15.6. The Balaban J connectivity index is 1.70. The highest BCUT2D eigenvalue weighted by Gasteiger charge is 2.29. The van der Waals surface area contributed by atoms with Gasteiger partial charge >= 0.3 is 6.03 Å². The minimum absolute atomic E-state index is 0.0174. The van der Waals surface area contributed by atoms with Crippen molar-refractivity contribution in [2.75, 3.05) is 38.1 Å². The number of carbonyl (C=O) groups is 8. The normalized spacial score (nSPS) is 13.3. The maximum Gasteiger partial charge on any atom is 0.312 e. The first-order valence-corrected chi connectivity index (χ1v) is 20.5. The van der Waals surface area contributed by atoms with Crippen LogP contribution in [0.1, 0.15) is 57.6 Å². The van der Waals surface area contributed by atoms with Gasteiger partial charge in [-0.3, -0.25) is 42.6 Å². The maximum absolute atomic E-state index is 13.6. The lowest BCUT2D eigenvalue weighted by atomic mass is 10.0. The first kappa shape index (κ1) is 48.0. The van der Waals surface area contributed by atoms with E-state index in [0.717, 1.165) is 22.6 Å². The van der Waals surface area contributed by atoms with E-state index in [1.807, 2.05) is 0 Å². The van der Waals surface area contributed by atoms with Gasteiger partial charge in [-0.1, -0.05) is 37.6 Å². The lowest BCUT2D eigenvalue weighted by molar-refractivity contribution is -0.137. The number of hydrogen-bond donors (Lipinski definition) is 7. The number of hydrogen-bond acceptors (Lipinski definition) is 12. The molecule has 1 heterocycles. The van der Waals surface area contributed by atoms with Crippen molar-refractivity contribution >= 4 is 63.2 Å². The molecule has 1 aliphatic rings. The van der Waals surface area contributed by atoms with Crippen LogP contribution in [0, 0.1) is 12.8 Å². The summed E-state index contributed by atoms with van der Waals surface area (Å²) in [4.78, 5) is 98.9. The molecular weight excluding hydrogens is 805 g/mol. The highest BCUT2D eigenvalue weighted by molar-refractivity contribution is 7.86. The molecule has 3 rings (SSSR count). The second-order valence-electron chi connectivity index (χ2n) is 14.0. The first-order chi connectivity index (χ1) is 28.4. The van der Waals surface area contributed by atoms with Crippen molar-refractivity contribution in [3.63, 3.8) is 0 Å². The summed E-state index contributed by atoms with van der Waals surface area (Å²) in [6.45, 7) is 5.81. The van der Waals surface area contributed by atoms with Gasteiger partial charge in [0.2, 0.25) is 23.6 Å². The first-order valence-electron chi connectivity index (χ1n) is 19.1. The summed E-state index contributed by atoms with van der Waals surface area (Å²) in [5.74, 6) is -4.01. The van der Waals surface area contributed by atoms with Gasteiger partial charge in [0.25, 0.3) is 27.8 Å². The van der Waals surface area contributed by atoms with Gasteiger partial charge in [0.05, 0.1) is 11.5 Å². The molecule has 2 aromatic rings. The van der Waals surface area contributed by atoms with Gasteiger partial charge in [-0.2, -0.15) is 8.42 Å². The van der Waals surface area contributed by atoms with E-state index in [1.165, 1.54) is 37.3 Å². The quantitative estimate of drug-likeness (QED) is 0.0425. The van der Waals surface area contributed by atoms with Crippen LogP contribution in [0.3, 0.4) is 0 Å². The van der Waals surface area contributed by atoms with Crippen molar-refractivity contribution in [2.24, 2.45) is 11.7 Å². The van der Waals surface area contributed by atoms with Crippen LogP contribution >= 0.6 is 0 Å². The van der Waals surface area contributed by atoms with Crippen molar-refractivity contribution in [1.82, 2.24) is 31.5 Å². The van der Waals surface area contributed by atoms with Crippen molar-refractivity contribution in [1.29, 1.82) is 0 Å². The van der Waals surface area contributed by atoms with Crippen molar-refractivity contribution < 1.29 is 55.7 Å². The monoisotopic (exact) mass is 856 g/mol. The van der Waals surface area contributed by atoms with E-state index in [1.54, 1.807) is 32.9 Å². The summed E-state index contributed by atoms with van der Waals surface area (Å²) in [5.41, 5.74) is 6.33. The number of nitrogens with zero attached hydrogens (tertiary/aromatic N) is 1. The molecule has 1 aliphatic heterocycles. The zero-order valence-corrected chi connectivity index (χ0v) is 34.6. The molecule has 0 aliphatic carbocycles. The average Bonchev–Trinajstić information content (AvgIpc) is 3.51. The Hall–Kier alpha value is -6.35. The molecule has 326 valence electrons. The standard InChI is InChI=1S/C39H52N8O12S/c1-24(2)36(44-26(4)48)38(54)46-30(7-5-17-43-39(40)55)37(53)45-28-11-10-27(22-59-60(56,57)29-12-8-25(3)9-13-29)31(21-28)58-23-33(50)42-19-6-18-41-32(49)16-20-47-34(51)14-15-35(47)52/h8-15,21,24,30,36H,5-7,16-20,22-23H2,1-4H3,(H,41,49)(H,42,50)(H,44,48)(H,45,53)(H,46,54)(H3,40,43,55)/t30-,36-/m0/s1. The van der Waals surface area contributed by atoms with Crippen molar-refractivity contribution in [3.05, 3.63) is 65.7 Å². The minimum Gasteiger partial charge on any atom is -0.483 e. The molecule has 2 aromatic carbocycles. The number of benzene rings is 2. The maximum atomic E-state index is 13.6. The van der Waals surface area contributed by atoms with E-state index in [2.05, 4.69) is 31.9 Å². The van der Waals surface area contributed by atoms with Gasteiger partial charge in [-0.05, 0) is 50.3 Å². The average molecular weight is 857 g/mol. The molecule has 20 nitrogen and oxygen atoms in total. The molecule has 9 amide bonds. The number of urea groups is 1. The molecule has 8 N–H and O–H groups in total. The molecule has 21 heteroatoms. The predicted octanol–water partition coefficient (Wildman–Crippen LogP) is 0.249. The SMILES string of the molecule is CC(=O)N[C@H](C(=O)N[C@@H](CCCNC(N)=O)C(=O)Nc1ccc(COS(=O)(=O)c2ccc(C)cc2)c(OCC(=O)NCCCNC(=O)CCN2C(=O)C=CC2=O)c1)C(C)C. The highest BCUT2D eigenvalue weighted by Crippen LogP contribution is 2.26. The Kier molecular flexibility index (Phi) is 18.6. The van der Waals surface area contributed by atoms with E-state index in [4.69, 9.17) is 14.7 Å². The molecule has 0 spiro atoms. The van der Waals surface area contributed by atoms with Crippen molar-refractivity contribution in [2.45, 2.75) is 77.0 Å². The van der Waals surface area contributed by atoms with Crippen LogP contribution in [-0.4, -0.2) is 106 Å². The molecule has 0 bridgehead atoms. The fourth-order valence-corrected chi connectivity index (χ4v) is 6.41. The number of primary amides is 1. The van der Waals surface area contributed by atoms with Gasteiger partial charge in [0, 0.05) is 69.0 Å². The number of ether oxygens (including phenoxy) is 1. The Morgan fingerprint density at radius 1 is 0.817 bits per heavy atom. The smallest absolute Gasteiger partial charge is 0.312 e. The lowest BCUT2D eigenvalue weighted by Crippen LogP contribution is -2.54. The number of imide groups is 1. The molecule has 0 saturated carbocycles. The minimum atomic E-state index is -4.22. The van der Waals surface area contributed by atoms with Gasteiger partial charge in [0.1, 0.15) is 17.8 Å². The number of anilines is 1. The Labute approximate surface area is 347 Å². The van der Waals surface area contributed by atoms with Gasteiger partial charge in [0.15, 0.2) is 6.61 Å². The molecule has 0 fully saturated rings. The summed E-state index contributed by atoms with van der Waals surface area (Å²) < 4.78 is 37.0. The number of rotatable bonds is 24. The Morgan fingerprint density at radius 3 is 2.07 bits per heavy atom. The van der Waals surface area contributed by atoms with E-state index >= 15 is 0 Å². The third kappa shape index (κ3) is 16.1. The van der Waals surface area contributed by atoms with Crippen LogP contribution < -0.4 is 42.4 Å². The van der Waals surface area contributed by atoms with Crippen LogP contribution in [0.25, 0.3) is 0 Å². The summed E-state index contributed by atoms with van der Waals surface area (Å²) in [6.07, 6.45) is 2.79. The number of amides is 9. The number of nitrogens with one attached hydrogen (secondary N) is 6. The largest absolute Gasteiger partial charge is 0.483 e. The topological polar surface area (TPSA) is 291 Å². The Morgan fingerprint density at radius 2 is 1.45 bits per heavy atom. The third-order valence-electron chi connectivity index (χ3n) is 8.74. The van der Waals surface area contributed by atoms with Crippen LogP contribution in [0.2, 0.25) is 0 Å². The van der Waals surface area contributed by atoms with Gasteiger partial charge in [-0.15, -0.1) is 0 Å². The predicted molar refractivity (Wildman–Crippen MR) is 216 cm³/mol. The summed E-state index contributed by atoms with van der Waals surface area (Å²) >= 11 is 0. The van der Waals surface area contributed by atoms with E-state index in [9.17, 15) is 46.8 Å². The molecule has 0 saturated heterocycles. The van der Waals surface area contributed by atoms with Gasteiger partial charge < -0.3 is 42.4 Å². The second kappa shape index (κ2) is 23.3. The molecular formula is C39H52N8O12S. The van der Waals surface area contributed by atoms with E-state index < -0.39 is 76.9 Å². The molecule has 60 heavy (non-hydrogen) atoms. The lowest BCUT2D eigenvalue weighted by Gasteiger charge is -2.25. The fourth-order valence-electron chi connectivity index (χ4n) is 5.52. The zero-order chi connectivity index (χ0) is 44.4. The van der Waals surface area contributed by atoms with Crippen LogP contribution in [0.15, 0.2) is 59.5 Å². The Bertz CT molecular complexity index is 2020. The second-order valence-corrected chi connectivity index (χ2v) is 15.6. The number of nitrogens with two attached hydrogens (primary N) is 1. The van der Waals surface area contributed by atoms with E-state index in [-0.39, 0.29) is 79.2 Å². The molecule has 0 unspecified atom stereocenters. The van der Waals surface area contributed by atoms with Crippen LogP contribution in [-0.2, 0) is 54.5 Å². The summed E-state index contributed by atoms with van der Waals surface area (Å²) in [7, 11) is -4.22. The van der Waals surface area contributed by atoms with Crippen LogP contribution in [0.5, 0.6) is 5.75 Å². The van der Waals surface area contributed by atoms with E-state index in [0.29, 0.717) is 6.42 Å². The number of aryl methyl sites for hydroxylation is 1. The molecule has 0 radical (unpaired) electrons.